The Morgan fingerprint density at radius 3 is 2.67 bits per heavy atom. The maximum atomic E-state index is 13.1. The number of urea groups is 1. The number of para-hydroxylation sites is 1. The normalized spacial score (nSPS) is 27.2. The molecule has 1 aliphatic carbocycles. The lowest BCUT2D eigenvalue weighted by molar-refractivity contribution is 0.0555. The Labute approximate surface area is 144 Å². The van der Waals surface area contributed by atoms with Crippen LogP contribution in [0.2, 0.25) is 0 Å². The summed E-state index contributed by atoms with van der Waals surface area (Å²) in [6, 6.07) is 8.79. The van der Waals surface area contributed by atoms with E-state index in [1.807, 2.05) is 11.0 Å². The number of anilines is 1. The Morgan fingerprint density at radius 1 is 1.21 bits per heavy atom. The van der Waals surface area contributed by atoms with Gasteiger partial charge in [0, 0.05) is 36.9 Å². The van der Waals surface area contributed by atoms with E-state index < -0.39 is 0 Å². The SMILES string of the molecule is CC1(C)CCCC1NC(=O)N1CC2(CCOCC2)c2ccccc21. The minimum Gasteiger partial charge on any atom is -0.381 e. The first-order chi connectivity index (χ1) is 11.5. The molecule has 0 aromatic heterocycles. The number of rotatable bonds is 1. The molecule has 4 nitrogen and oxygen atoms in total. The lowest BCUT2D eigenvalue weighted by Gasteiger charge is -2.34. The first-order valence-corrected chi connectivity index (χ1v) is 9.27. The summed E-state index contributed by atoms with van der Waals surface area (Å²) in [6.07, 6.45) is 5.49. The topological polar surface area (TPSA) is 41.6 Å². The second kappa shape index (κ2) is 5.76. The van der Waals surface area contributed by atoms with E-state index in [-0.39, 0.29) is 22.9 Å². The van der Waals surface area contributed by atoms with Crippen LogP contribution in [0, 0.1) is 5.41 Å². The van der Waals surface area contributed by atoms with Crippen LogP contribution >= 0.6 is 0 Å². The summed E-state index contributed by atoms with van der Waals surface area (Å²) >= 11 is 0. The highest BCUT2D eigenvalue weighted by Crippen LogP contribution is 2.47. The molecule has 2 aliphatic heterocycles. The number of carbonyl (C=O) groups excluding carboxylic acids is 1. The third-order valence-corrected chi connectivity index (χ3v) is 6.48. The molecule has 4 rings (SSSR count). The summed E-state index contributed by atoms with van der Waals surface area (Å²) in [5, 5.41) is 3.33. The maximum Gasteiger partial charge on any atom is 0.322 e. The van der Waals surface area contributed by atoms with Crippen molar-refractivity contribution in [3.8, 4) is 0 Å². The molecule has 2 amide bonds. The smallest absolute Gasteiger partial charge is 0.322 e. The average molecular weight is 328 g/mol. The molecule has 1 aromatic carbocycles. The van der Waals surface area contributed by atoms with Crippen LogP contribution in [-0.4, -0.2) is 31.8 Å². The number of nitrogens with zero attached hydrogens (tertiary/aromatic N) is 1. The molecule has 1 saturated heterocycles. The zero-order valence-electron chi connectivity index (χ0n) is 14.8. The van der Waals surface area contributed by atoms with Crippen LogP contribution in [0.25, 0.3) is 0 Å². The second-order valence-corrected chi connectivity index (χ2v) is 8.38. The minimum atomic E-state index is 0.0748. The van der Waals surface area contributed by atoms with E-state index in [1.165, 1.54) is 18.4 Å². The molecule has 1 unspecified atom stereocenters. The van der Waals surface area contributed by atoms with E-state index in [9.17, 15) is 4.79 Å². The molecular weight excluding hydrogens is 300 g/mol. The predicted molar refractivity (Wildman–Crippen MR) is 95.5 cm³/mol. The fraction of sp³-hybridized carbons (Fsp3) is 0.650. The number of fused-ring (bicyclic) bond motifs is 2. The summed E-state index contributed by atoms with van der Waals surface area (Å²) in [5.41, 5.74) is 2.70. The predicted octanol–water partition coefficient (Wildman–Crippen LogP) is 3.84. The first kappa shape index (κ1) is 15.9. The van der Waals surface area contributed by atoms with E-state index >= 15 is 0 Å². The zero-order chi connectivity index (χ0) is 16.8. The van der Waals surface area contributed by atoms with Crippen molar-refractivity contribution < 1.29 is 9.53 Å². The Balaban J connectivity index is 1.59. The summed E-state index contributed by atoms with van der Waals surface area (Å²) in [4.78, 5) is 15.0. The third-order valence-electron chi connectivity index (χ3n) is 6.48. The average Bonchev–Trinajstić information content (AvgIpc) is 3.07. The molecule has 3 aliphatic rings. The highest BCUT2D eigenvalue weighted by Gasteiger charge is 2.46. The standard InChI is InChI=1S/C20H28N2O2/c1-19(2)9-5-8-17(19)21-18(23)22-14-20(10-12-24-13-11-20)15-6-3-4-7-16(15)22/h3-4,6-7,17H,5,8-14H2,1-2H3,(H,21,23). The molecule has 2 heterocycles. The summed E-state index contributed by atoms with van der Waals surface area (Å²) in [5.74, 6) is 0. The number of hydrogen-bond acceptors (Lipinski definition) is 2. The highest BCUT2D eigenvalue weighted by molar-refractivity contribution is 5.95. The molecule has 1 N–H and O–H groups in total. The monoisotopic (exact) mass is 328 g/mol. The molecule has 1 saturated carbocycles. The second-order valence-electron chi connectivity index (χ2n) is 8.38. The zero-order valence-corrected chi connectivity index (χ0v) is 14.8. The lowest BCUT2D eigenvalue weighted by atomic mass is 9.76. The van der Waals surface area contributed by atoms with Crippen molar-refractivity contribution >= 4 is 11.7 Å². The van der Waals surface area contributed by atoms with Gasteiger partial charge in [0.1, 0.15) is 0 Å². The van der Waals surface area contributed by atoms with E-state index in [1.54, 1.807) is 0 Å². The molecule has 130 valence electrons. The van der Waals surface area contributed by atoms with Crippen molar-refractivity contribution in [2.45, 2.75) is 57.4 Å². The highest BCUT2D eigenvalue weighted by atomic mass is 16.5. The summed E-state index contributed by atoms with van der Waals surface area (Å²) < 4.78 is 5.58. The van der Waals surface area contributed by atoms with Gasteiger partial charge in [-0.2, -0.15) is 0 Å². The van der Waals surface area contributed by atoms with Crippen LogP contribution in [0.5, 0.6) is 0 Å². The van der Waals surface area contributed by atoms with Gasteiger partial charge in [0.2, 0.25) is 0 Å². The van der Waals surface area contributed by atoms with Gasteiger partial charge in [0.15, 0.2) is 0 Å². The quantitative estimate of drug-likeness (QED) is 0.851. The van der Waals surface area contributed by atoms with Gasteiger partial charge in [-0.05, 0) is 42.7 Å². The number of hydrogen-bond donors (Lipinski definition) is 1. The van der Waals surface area contributed by atoms with Crippen molar-refractivity contribution in [2.75, 3.05) is 24.7 Å². The molecule has 0 bridgehead atoms. The largest absolute Gasteiger partial charge is 0.381 e. The molecule has 2 fully saturated rings. The van der Waals surface area contributed by atoms with Gasteiger partial charge in [0.05, 0.1) is 0 Å². The Hall–Kier alpha value is -1.55. The van der Waals surface area contributed by atoms with Crippen LogP contribution in [-0.2, 0) is 10.2 Å². The van der Waals surface area contributed by atoms with E-state index in [4.69, 9.17) is 4.74 Å². The molecule has 1 atom stereocenters. The van der Waals surface area contributed by atoms with E-state index in [2.05, 4.69) is 37.4 Å². The van der Waals surface area contributed by atoms with Gasteiger partial charge in [-0.25, -0.2) is 4.79 Å². The van der Waals surface area contributed by atoms with Crippen LogP contribution in [0.4, 0.5) is 10.5 Å². The Morgan fingerprint density at radius 2 is 1.96 bits per heavy atom. The fourth-order valence-electron chi connectivity index (χ4n) is 4.82. The molecule has 0 radical (unpaired) electrons. The van der Waals surface area contributed by atoms with Crippen molar-refractivity contribution in [2.24, 2.45) is 5.41 Å². The molecule has 1 aromatic rings. The van der Waals surface area contributed by atoms with E-state index in [0.29, 0.717) is 0 Å². The van der Waals surface area contributed by atoms with Gasteiger partial charge < -0.3 is 10.1 Å². The van der Waals surface area contributed by atoms with Gasteiger partial charge >= 0.3 is 6.03 Å². The molecular formula is C20H28N2O2. The van der Waals surface area contributed by atoms with Crippen molar-refractivity contribution in [3.63, 3.8) is 0 Å². The number of benzene rings is 1. The molecule has 1 spiro atoms. The fourth-order valence-corrected chi connectivity index (χ4v) is 4.82. The van der Waals surface area contributed by atoms with Gasteiger partial charge in [0.25, 0.3) is 0 Å². The minimum absolute atomic E-state index is 0.0748. The van der Waals surface area contributed by atoms with Crippen molar-refractivity contribution in [1.82, 2.24) is 5.32 Å². The number of carbonyl (C=O) groups is 1. The Kier molecular flexibility index (Phi) is 3.83. The summed E-state index contributed by atoms with van der Waals surface area (Å²) in [6.45, 7) is 6.90. The van der Waals surface area contributed by atoms with Crippen LogP contribution < -0.4 is 10.2 Å². The summed E-state index contributed by atoms with van der Waals surface area (Å²) in [7, 11) is 0. The van der Waals surface area contributed by atoms with Crippen LogP contribution in [0.15, 0.2) is 24.3 Å². The number of nitrogens with one attached hydrogen (secondary N) is 1. The third kappa shape index (κ3) is 2.52. The Bertz CT molecular complexity index is 634. The van der Waals surface area contributed by atoms with Gasteiger partial charge in [-0.3, -0.25) is 4.90 Å². The number of amides is 2. The van der Waals surface area contributed by atoms with Crippen LogP contribution in [0.3, 0.4) is 0 Å². The molecule has 24 heavy (non-hydrogen) atoms. The lowest BCUT2D eigenvalue weighted by Crippen LogP contribution is -2.50. The van der Waals surface area contributed by atoms with E-state index in [0.717, 1.165) is 44.7 Å². The first-order valence-electron chi connectivity index (χ1n) is 9.27. The van der Waals surface area contributed by atoms with Crippen molar-refractivity contribution in [3.05, 3.63) is 29.8 Å². The van der Waals surface area contributed by atoms with Crippen molar-refractivity contribution in [1.29, 1.82) is 0 Å². The maximum absolute atomic E-state index is 13.1. The van der Waals surface area contributed by atoms with Gasteiger partial charge in [-0.1, -0.05) is 38.5 Å². The molecule has 4 heteroatoms. The number of ether oxygens (including phenoxy) is 1. The van der Waals surface area contributed by atoms with Gasteiger partial charge in [-0.15, -0.1) is 0 Å². The van der Waals surface area contributed by atoms with Crippen LogP contribution in [0.1, 0.15) is 51.5 Å².